The summed E-state index contributed by atoms with van der Waals surface area (Å²) in [6.07, 6.45) is 5.75. The van der Waals surface area contributed by atoms with Crippen molar-refractivity contribution in [3.8, 4) is 0 Å². The van der Waals surface area contributed by atoms with Crippen molar-refractivity contribution in [1.82, 2.24) is 10.3 Å². The van der Waals surface area contributed by atoms with E-state index in [2.05, 4.69) is 20.5 Å². The molecule has 0 spiro atoms. The molecule has 5 nitrogen and oxygen atoms in total. The largest absolute Gasteiger partial charge is 0.356 e. The van der Waals surface area contributed by atoms with E-state index in [0.29, 0.717) is 29.9 Å². The maximum Gasteiger partial charge on any atom is 0.259 e. The summed E-state index contributed by atoms with van der Waals surface area (Å²) in [5.41, 5.74) is 2.39. The zero-order valence-corrected chi connectivity index (χ0v) is 17.2. The average Bonchev–Trinajstić information content (AvgIpc) is 2.71. The highest BCUT2D eigenvalue weighted by Gasteiger charge is 2.22. The Labute approximate surface area is 176 Å². The van der Waals surface area contributed by atoms with Gasteiger partial charge in [0, 0.05) is 25.8 Å². The fourth-order valence-corrected chi connectivity index (χ4v) is 3.75. The summed E-state index contributed by atoms with van der Waals surface area (Å²) in [5, 5.41) is 5.99. The smallest absolute Gasteiger partial charge is 0.259 e. The fourth-order valence-electron chi connectivity index (χ4n) is 3.75. The number of aromatic nitrogens is 1. The van der Waals surface area contributed by atoms with Crippen molar-refractivity contribution in [3.05, 3.63) is 53.0 Å². The van der Waals surface area contributed by atoms with Gasteiger partial charge in [0.15, 0.2) is 0 Å². The number of halogens is 3. The van der Waals surface area contributed by atoms with Crippen LogP contribution in [0.5, 0.6) is 0 Å². The van der Waals surface area contributed by atoms with E-state index >= 15 is 0 Å². The van der Waals surface area contributed by atoms with Gasteiger partial charge in [-0.1, -0.05) is 6.07 Å². The van der Waals surface area contributed by atoms with Gasteiger partial charge in [-0.05, 0) is 61.6 Å². The quantitative estimate of drug-likeness (QED) is 0.779. The van der Waals surface area contributed by atoms with Gasteiger partial charge < -0.3 is 15.5 Å². The Balaban J connectivity index is 0.00000140. The van der Waals surface area contributed by atoms with Crippen LogP contribution in [0.4, 0.5) is 15.9 Å². The van der Waals surface area contributed by atoms with E-state index in [0.717, 1.165) is 38.0 Å². The van der Waals surface area contributed by atoms with Gasteiger partial charge in [0.1, 0.15) is 11.6 Å². The molecule has 152 valence electrons. The van der Waals surface area contributed by atoms with E-state index in [9.17, 15) is 9.18 Å². The second-order valence-corrected chi connectivity index (χ2v) is 6.87. The highest BCUT2D eigenvalue weighted by Crippen LogP contribution is 2.27. The Morgan fingerprint density at radius 1 is 1.14 bits per heavy atom. The molecule has 2 aromatic rings. The third-order valence-corrected chi connectivity index (χ3v) is 5.14. The Morgan fingerprint density at radius 2 is 1.93 bits per heavy atom. The van der Waals surface area contributed by atoms with Gasteiger partial charge in [-0.25, -0.2) is 9.37 Å². The lowest BCUT2D eigenvalue weighted by Gasteiger charge is -2.29. The molecule has 1 amide bonds. The van der Waals surface area contributed by atoms with Crippen LogP contribution >= 0.6 is 24.8 Å². The summed E-state index contributed by atoms with van der Waals surface area (Å²) < 4.78 is 14.8. The first kappa shape index (κ1) is 22.4. The number of nitrogens with one attached hydrogen (secondary N) is 2. The van der Waals surface area contributed by atoms with Crippen LogP contribution in [0.2, 0.25) is 0 Å². The predicted octanol–water partition coefficient (Wildman–Crippen LogP) is 3.95. The zero-order chi connectivity index (χ0) is 17.9. The Kier molecular flexibility index (Phi) is 8.04. The predicted molar refractivity (Wildman–Crippen MR) is 115 cm³/mol. The molecule has 8 heteroatoms. The van der Waals surface area contributed by atoms with Crippen LogP contribution in [0, 0.1) is 5.82 Å². The van der Waals surface area contributed by atoms with Crippen molar-refractivity contribution in [2.45, 2.75) is 32.2 Å². The highest BCUT2D eigenvalue weighted by molar-refractivity contribution is 6.07. The van der Waals surface area contributed by atoms with E-state index in [1.807, 2.05) is 6.07 Å². The molecule has 4 rings (SSSR count). The van der Waals surface area contributed by atoms with Crippen molar-refractivity contribution >= 4 is 42.2 Å². The molecule has 1 fully saturated rings. The number of nitrogens with zero attached hydrogens (tertiary/aromatic N) is 2. The monoisotopic (exact) mass is 426 g/mol. The summed E-state index contributed by atoms with van der Waals surface area (Å²) in [6.45, 7) is 3.22. The first-order chi connectivity index (χ1) is 12.7. The number of carbonyl (C=O) groups is 1. The third-order valence-electron chi connectivity index (χ3n) is 5.14. The van der Waals surface area contributed by atoms with Crippen LogP contribution in [0.1, 0.15) is 40.7 Å². The van der Waals surface area contributed by atoms with Crippen molar-refractivity contribution < 1.29 is 9.18 Å². The molecule has 28 heavy (non-hydrogen) atoms. The fraction of sp³-hybridized carbons (Fsp3) is 0.400. The molecule has 2 aliphatic rings. The molecule has 2 aliphatic heterocycles. The summed E-state index contributed by atoms with van der Waals surface area (Å²) in [5.74, 6) is 0.0551. The molecule has 1 aromatic heterocycles. The molecule has 2 N–H and O–H groups in total. The van der Waals surface area contributed by atoms with E-state index < -0.39 is 0 Å². The number of piperidine rings is 1. The van der Waals surface area contributed by atoms with E-state index in [4.69, 9.17) is 0 Å². The second kappa shape index (κ2) is 10.0. The number of amides is 1. The summed E-state index contributed by atoms with van der Waals surface area (Å²) in [4.78, 5) is 19.4. The third kappa shape index (κ3) is 4.57. The average molecular weight is 427 g/mol. The number of benzene rings is 1. The van der Waals surface area contributed by atoms with Gasteiger partial charge in [-0.3, -0.25) is 4.79 Å². The topological polar surface area (TPSA) is 57.3 Å². The summed E-state index contributed by atoms with van der Waals surface area (Å²) >= 11 is 0. The molecule has 1 saturated heterocycles. The number of pyridine rings is 1. The molecule has 0 aliphatic carbocycles. The number of hydrogen-bond donors (Lipinski definition) is 2. The van der Waals surface area contributed by atoms with Crippen LogP contribution in [-0.2, 0) is 13.0 Å². The first-order valence-electron chi connectivity index (χ1n) is 9.26. The van der Waals surface area contributed by atoms with E-state index in [1.54, 1.807) is 24.4 Å². The Bertz CT molecular complexity index is 828. The minimum absolute atomic E-state index is 0. The molecule has 0 saturated carbocycles. The zero-order valence-electron chi connectivity index (χ0n) is 15.5. The normalized spacial score (nSPS) is 15.7. The lowest BCUT2D eigenvalue weighted by atomic mass is 9.99. The van der Waals surface area contributed by atoms with Crippen LogP contribution in [0.25, 0.3) is 0 Å². The lowest BCUT2D eigenvalue weighted by molar-refractivity contribution is 0.102. The van der Waals surface area contributed by atoms with Crippen LogP contribution in [0.3, 0.4) is 0 Å². The Hall–Kier alpha value is -1.89. The molecule has 0 unspecified atom stereocenters. The second-order valence-electron chi connectivity index (χ2n) is 6.87. The minimum Gasteiger partial charge on any atom is -0.356 e. The molecule has 0 atom stereocenters. The van der Waals surface area contributed by atoms with E-state index in [1.165, 1.54) is 6.42 Å². The van der Waals surface area contributed by atoms with E-state index in [-0.39, 0.29) is 42.2 Å². The number of hydrogen-bond acceptors (Lipinski definition) is 4. The molecular weight excluding hydrogens is 402 g/mol. The van der Waals surface area contributed by atoms with Gasteiger partial charge >= 0.3 is 0 Å². The van der Waals surface area contributed by atoms with Crippen molar-refractivity contribution in [2.75, 3.05) is 29.9 Å². The highest BCUT2D eigenvalue weighted by atomic mass is 35.5. The summed E-state index contributed by atoms with van der Waals surface area (Å²) in [7, 11) is 0. The molecule has 1 aromatic carbocycles. The standard InChI is InChI=1S/C20H23FN4O.2ClH/c21-18-15-8-10-22-13-14(15)6-7-17(18)24-20(26)16-5-4-9-23-19(16)25-11-2-1-3-12-25;;/h4-7,9,22H,1-3,8,10-13H2,(H,24,26);2*1H. The maximum absolute atomic E-state index is 14.8. The molecule has 0 bridgehead atoms. The molecule has 3 heterocycles. The van der Waals surface area contributed by atoms with Crippen LogP contribution in [0.15, 0.2) is 30.5 Å². The van der Waals surface area contributed by atoms with Crippen LogP contribution in [-0.4, -0.2) is 30.5 Å². The molecular formula is C20H25Cl2FN4O. The van der Waals surface area contributed by atoms with Crippen molar-refractivity contribution in [3.63, 3.8) is 0 Å². The molecule has 0 radical (unpaired) electrons. The number of fused-ring (bicyclic) bond motifs is 1. The minimum atomic E-state index is -0.319. The van der Waals surface area contributed by atoms with Gasteiger partial charge in [0.05, 0.1) is 11.3 Å². The number of carbonyl (C=O) groups excluding carboxylic acids is 1. The van der Waals surface area contributed by atoms with Gasteiger partial charge in [0.25, 0.3) is 5.91 Å². The van der Waals surface area contributed by atoms with Crippen LogP contribution < -0.4 is 15.5 Å². The SMILES string of the molecule is Cl.Cl.O=C(Nc1ccc2c(c1F)CCNC2)c1cccnc1N1CCCCC1. The van der Waals surface area contributed by atoms with Gasteiger partial charge in [-0.15, -0.1) is 24.8 Å². The first-order valence-corrected chi connectivity index (χ1v) is 9.26. The van der Waals surface area contributed by atoms with Crippen molar-refractivity contribution in [1.29, 1.82) is 0 Å². The lowest BCUT2D eigenvalue weighted by Crippen LogP contribution is -2.32. The van der Waals surface area contributed by atoms with Gasteiger partial charge in [0.2, 0.25) is 0 Å². The summed E-state index contributed by atoms with van der Waals surface area (Å²) in [6, 6.07) is 7.04. The maximum atomic E-state index is 14.8. The van der Waals surface area contributed by atoms with Crippen molar-refractivity contribution in [2.24, 2.45) is 0 Å². The Morgan fingerprint density at radius 3 is 2.71 bits per heavy atom. The number of rotatable bonds is 3. The van der Waals surface area contributed by atoms with Gasteiger partial charge in [-0.2, -0.15) is 0 Å². The number of anilines is 2.